The molecule has 0 bridgehead atoms. The fraction of sp³-hybridized carbons (Fsp3) is 0.909. The van der Waals surface area contributed by atoms with Crippen molar-refractivity contribution in [1.29, 1.82) is 0 Å². The average molecular weight is 274 g/mol. The Balaban J connectivity index is -0.000000605. The molecule has 0 heterocycles. The van der Waals surface area contributed by atoms with Crippen molar-refractivity contribution >= 4 is 0 Å². The maximum absolute atomic E-state index is 4.59. The molecular formula is C11H25N2Y. The van der Waals surface area contributed by atoms with Crippen LogP contribution in [0.3, 0.4) is 0 Å². The van der Waals surface area contributed by atoms with E-state index in [0.717, 1.165) is 12.8 Å². The predicted octanol–water partition coefficient (Wildman–Crippen LogP) is 4.12. The summed E-state index contributed by atoms with van der Waals surface area (Å²) in [6, 6.07) is 0.861. The van der Waals surface area contributed by atoms with Crippen molar-refractivity contribution in [2.75, 3.05) is 0 Å². The SMILES string of the molecule is CCC(C)[N-]C(CC)[N-]C(C)C.[CH3-].[Y+3]. The minimum atomic E-state index is 0. The molecule has 0 fully saturated rings. The molecule has 0 aromatic heterocycles. The van der Waals surface area contributed by atoms with E-state index in [2.05, 4.69) is 45.3 Å². The monoisotopic (exact) mass is 274 g/mol. The number of nitrogens with zero attached hydrogens (tertiary/aromatic N) is 2. The van der Waals surface area contributed by atoms with E-state index in [9.17, 15) is 0 Å². The largest absolute Gasteiger partial charge is 3.00 e. The molecule has 2 unspecified atom stereocenters. The molecule has 0 aromatic rings. The molecule has 0 aliphatic carbocycles. The molecule has 14 heavy (non-hydrogen) atoms. The van der Waals surface area contributed by atoms with E-state index >= 15 is 0 Å². The minimum Gasteiger partial charge on any atom is -0.676 e. The minimum absolute atomic E-state index is 0. The van der Waals surface area contributed by atoms with Crippen LogP contribution in [0.5, 0.6) is 0 Å². The standard InChI is InChI=1S/C10H22N2.CH3.Y/c1-6-9(5)12-10(7-2)11-8(3)4;;/h8-10H,6-7H2,1-5H3;1H3;/q-2;-1;+3. The van der Waals surface area contributed by atoms with Gasteiger partial charge >= 0.3 is 32.7 Å². The van der Waals surface area contributed by atoms with Crippen molar-refractivity contribution < 1.29 is 32.7 Å². The second-order valence-corrected chi connectivity index (χ2v) is 3.54. The van der Waals surface area contributed by atoms with Crippen molar-refractivity contribution in [1.82, 2.24) is 0 Å². The van der Waals surface area contributed by atoms with Gasteiger partial charge in [0.2, 0.25) is 0 Å². The molecule has 0 saturated heterocycles. The van der Waals surface area contributed by atoms with Gasteiger partial charge in [-0.3, -0.25) is 0 Å². The van der Waals surface area contributed by atoms with E-state index in [-0.39, 0.29) is 46.3 Å². The van der Waals surface area contributed by atoms with Gasteiger partial charge < -0.3 is 18.1 Å². The Kier molecular flexibility index (Phi) is 17.7. The molecule has 0 saturated carbocycles. The topological polar surface area (TPSA) is 28.2 Å². The third-order valence-electron chi connectivity index (χ3n) is 1.85. The summed E-state index contributed by atoms with van der Waals surface area (Å²) in [4.78, 5) is 0. The second kappa shape index (κ2) is 12.1. The zero-order valence-corrected chi connectivity index (χ0v) is 13.5. The fourth-order valence-electron chi connectivity index (χ4n) is 0.993. The van der Waals surface area contributed by atoms with Crippen molar-refractivity contribution in [3.63, 3.8) is 0 Å². The molecule has 0 aliphatic rings. The van der Waals surface area contributed by atoms with Crippen LogP contribution in [-0.4, -0.2) is 18.2 Å². The van der Waals surface area contributed by atoms with Crippen LogP contribution in [0, 0.1) is 7.43 Å². The molecule has 0 amide bonds. The molecule has 0 radical (unpaired) electrons. The zero-order valence-electron chi connectivity index (χ0n) is 10.6. The van der Waals surface area contributed by atoms with Gasteiger partial charge in [0.1, 0.15) is 0 Å². The first-order chi connectivity index (χ1) is 5.60. The van der Waals surface area contributed by atoms with Gasteiger partial charge in [-0.2, -0.15) is 0 Å². The molecule has 0 N–H and O–H groups in total. The van der Waals surface area contributed by atoms with E-state index in [1.165, 1.54) is 0 Å². The fourth-order valence-corrected chi connectivity index (χ4v) is 0.993. The van der Waals surface area contributed by atoms with Gasteiger partial charge in [0.15, 0.2) is 0 Å². The Bertz CT molecular complexity index is 107. The molecule has 0 aliphatic heterocycles. The molecule has 82 valence electrons. The molecule has 0 rings (SSSR count). The average Bonchev–Trinajstić information content (AvgIpc) is 2.02. The van der Waals surface area contributed by atoms with Crippen LogP contribution < -0.4 is 0 Å². The molecule has 2 atom stereocenters. The van der Waals surface area contributed by atoms with Crippen LogP contribution in [0.4, 0.5) is 0 Å². The summed E-state index contributed by atoms with van der Waals surface area (Å²) in [7, 11) is 0. The van der Waals surface area contributed by atoms with E-state index < -0.39 is 0 Å². The maximum Gasteiger partial charge on any atom is 3.00 e. The van der Waals surface area contributed by atoms with Crippen LogP contribution in [0.1, 0.15) is 47.5 Å². The van der Waals surface area contributed by atoms with Gasteiger partial charge in [-0.1, -0.05) is 47.5 Å². The van der Waals surface area contributed by atoms with Crippen LogP contribution in [-0.2, 0) is 32.7 Å². The van der Waals surface area contributed by atoms with Gasteiger partial charge in [0, 0.05) is 0 Å². The normalized spacial score (nSPS) is 14.1. The van der Waals surface area contributed by atoms with Crippen molar-refractivity contribution in [2.45, 2.75) is 65.7 Å². The summed E-state index contributed by atoms with van der Waals surface area (Å²) < 4.78 is 0. The summed E-state index contributed by atoms with van der Waals surface area (Å²) >= 11 is 0. The van der Waals surface area contributed by atoms with E-state index in [0.29, 0.717) is 12.1 Å². The predicted molar refractivity (Wildman–Crippen MR) is 62.1 cm³/mol. The first-order valence-corrected chi connectivity index (χ1v) is 5.00. The van der Waals surface area contributed by atoms with Gasteiger partial charge in [-0.25, -0.2) is 6.17 Å². The van der Waals surface area contributed by atoms with E-state index in [1.54, 1.807) is 0 Å². The van der Waals surface area contributed by atoms with Gasteiger partial charge in [0.05, 0.1) is 0 Å². The Labute approximate surface area is 116 Å². The van der Waals surface area contributed by atoms with Crippen molar-refractivity contribution in [2.24, 2.45) is 0 Å². The molecule has 3 heteroatoms. The summed E-state index contributed by atoms with van der Waals surface area (Å²) in [5, 5.41) is 9.10. The summed E-state index contributed by atoms with van der Waals surface area (Å²) in [6.07, 6.45) is 2.37. The number of hydrogen-bond donors (Lipinski definition) is 0. The third kappa shape index (κ3) is 11.1. The Morgan fingerprint density at radius 1 is 0.929 bits per heavy atom. The smallest absolute Gasteiger partial charge is 0.676 e. The van der Waals surface area contributed by atoms with Gasteiger partial charge in [0.25, 0.3) is 0 Å². The first kappa shape index (κ1) is 20.4. The third-order valence-corrected chi connectivity index (χ3v) is 1.85. The first-order valence-electron chi connectivity index (χ1n) is 5.00. The molecule has 0 spiro atoms. The Hall–Kier alpha value is 1.02. The summed E-state index contributed by atoms with van der Waals surface area (Å²) in [5.41, 5.74) is 0. The van der Waals surface area contributed by atoms with E-state index in [1.807, 2.05) is 0 Å². The van der Waals surface area contributed by atoms with Crippen molar-refractivity contribution in [3.05, 3.63) is 18.1 Å². The van der Waals surface area contributed by atoms with Gasteiger partial charge in [-0.15, -0.1) is 12.1 Å². The Morgan fingerprint density at radius 3 is 1.71 bits per heavy atom. The quantitative estimate of drug-likeness (QED) is 0.652. The molecule has 0 aromatic carbocycles. The van der Waals surface area contributed by atoms with E-state index in [4.69, 9.17) is 0 Å². The summed E-state index contributed by atoms with van der Waals surface area (Å²) in [5.74, 6) is 0. The van der Waals surface area contributed by atoms with Crippen LogP contribution in [0.2, 0.25) is 0 Å². The molecular weight excluding hydrogens is 249 g/mol. The van der Waals surface area contributed by atoms with Gasteiger partial charge in [-0.05, 0) is 0 Å². The maximum atomic E-state index is 4.59. The van der Waals surface area contributed by atoms with Crippen LogP contribution in [0.25, 0.3) is 10.6 Å². The molecule has 2 nitrogen and oxygen atoms in total. The van der Waals surface area contributed by atoms with Crippen LogP contribution >= 0.6 is 0 Å². The summed E-state index contributed by atoms with van der Waals surface area (Å²) in [6.45, 7) is 10.7. The van der Waals surface area contributed by atoms with Crippen LogP contribution in [0.15, 0.2) is 0 Å². The number of rotatable bonds is 6. The second-order valence-electron chi connectivity index (χ2n) is 3.54. The zero-order chi connectivity index (χ0) is 9.56. The Morgan fingerprint density at radius 2 is 1.43 bits per heavy atom. The number of hydrogen-bond acceptors (Lipinski definition) is 0. The van der Waals surface area contributed by atoms with Crippen molar-refractivity contribution in [3.8, 4) is 0 Å².